The summed E-state index contributed by atoms with van der Waals surface area (Å²) in [4.78, 5) is 0.152. The average molecular weight is 302 g/mol. The molecule has 0 radical (unpaired) electrons. The lowest BCUT2D eigenvalue weighted by atomic mass is 10.0. The standard InChI is InChI=1S/C15H14N2O3S/c1-17(2)21(19,20)15-6-4-3-5-13(15)11-7-8-12(10-16)14(18)9-11/h3-9,18H,1-2H3. The van der Waals surface area contributed by atoms with Gasteiger partial charge in [-0.15, -0.1) is 0 Å². The molecule has 21 heavy (non-hydrogen) atoms. The Kier molecular flexibility index (Phi) is 3.98. The lowest BCUT2D eigenvalue weighted by molar-refractivity contribution is 0.474. The third kappa shape index (κ3) is 2.75. The van der Waals surface area contributed by atoms with Gasteiger partial charge in [-0.2, -0.15) is 5.26 Å². The summed E-state index contributed by atoms with van der Waals surface area (Å²) in [5.41, 5.74) is 1.16. The van der Waals surface area contributed by atoms with Crippen LogP contribution in [0.25, 0.3) is 11.1 Å². The molecule has 0 spiro atoms. The highest BCUT2D eigenvalue weighted by Crippen LogP contribution is 2.31. The molecule has 2 aromatic carbocycles. The van der Waals surface area contributed by atoms with E-state index in [4.69, 9.17) is 5.26 Å². The fourth-order valence-corrected chi connectivity index (χ4v) is 3.03. The molecule has 0 aliphatic heterocycles. The van der Waals surface area contributed by atoms with Crippen LogP contribution in [0.1, 0.15) is 5.56 Å². The van der Waals surface area contributed by atoms with Crippen LogP contribution in [0.15, 0.2) is 47.4 Å². The maximum atomic E-state index is 12.3. The highest BCUT2D eigenvalue weighted by Gasteiger charge is 2.21. The summed E-state index contributed by atoms with van der Waals surface area (Å²) in [7, 11) is -0.676. The SMILES string of the molecule is CN(C)S(=O)(=O)c1ccccc1-c1ccc(C#N)c(O)c1. The Morgan fingerprint density at radius 1 is 1.14 bits per heavy atom. The number of phenolic OH excluding ortho intramolecular Hbond substituents is 1. The van der Waals surface area contributed by atoms with E-state index in [1.807, 2.05) is 6.07 Å². The molecular weight excluding hydrogens is 288 g/mol. The van der Waals surface area contributed by atoms with Gasteiger partial charge >= 0.3 is 0 Å². The van der Waals surface area contributed by atoms with Crippen molar-refractivity contribution in [2.45, 2.75) is 4.90 Å². The third-order valence-corrected chi connectivity index (χ3v) is 4.95. The predicted octanol–water partition coefficient (Wildman–Crippen LogP) is 2.18. The highest BCUT2D eigenvalue weighted by atomic mass is 32.2. The molecule has 0 unspecified atom stereocenters. The second-order valence-corrected chi connectivity index (χ2v) is 6.75. The van der Waals surface area contributed by atoms with Gasteiger partial charge in [0.1, 0.15) is 11.8 Å². The fraction of sp³-hybridized carbons (Fsp3) is 0.133. The molecule has 2 rings (SSSR count). The summed E-state index contributed by atoms with van der Waals surface area (Å²) in [6, 6.07) is 12.9. The zero-order chi connectivity index (χ0) is 15.6. The number of benzene rings is 2. The molecule has 6 heteroatoms. The van der Waals surface area contributed by atoms with Gasteiger partial charge in [0, 0.05) is 19.7 Å². The lowest BCUT2D eigenvalue weighted by Gasteiger charge is -2.15. The Balaban J connectivity index is 2.67. The summed E-state index contributed by atoms with van der Waals surface area (Å²) in [5.74, 6) is -0.174. The maximum Gasteiger partial charge on any atom is 0.243 e. The van der Waals surface area contributed by atoms with Crippen LogP contribution in [0.5, 0.6) is 5.75 Å². The zero-order valence-corrected chi connectivity index (χ0v) is 12.4. The lowest BCUT2D eigenvalue weighted by Crippen LogP contribution is -2.22. The van der Waals surface area contributed by atoms with Crippen LogP contribution in [0.2, 0.25) is 0 Å². The van der Waals surface area contributed by atoms with E-state index < -0.39 is 10.0 Å². The first kappa shape index (κ1) is 15.0. The Bertz CT molecular complexity index is 821. The van der Waals surface area contributed by atoms with Crippen LogP contribution in [-0.2, 0) is 10.0 Å². The molecule has 0 aliphatic carbocycles. The second kappa shape index (κ2) is 5.56. The van der Waals surface area contributed by atoms with Gasteiger partial charge in [-0.1, -0.05) is 24.3 Å². The van der Waals surface area contributed by atoms with Crippen molar-refractivity contribution in [1.82, 2.24) is 4.31 Å². The summed E-state index contributed by atoms with van der Waals surface area (Å²) in [6.07, 6.45) is 0. The Morgan fingerprint density at radius 3 is 2.38 bits per heavy atom. The van der Waals surface area contributed by atoms with Crippen molar-refractivity contribution in [2.75, 3.05) is 14.1 Å². The van der Waals surface area contributed by atoms with Gasteiger partial charge in [-0.25, -0.2) is 12.7 Å². The smallest absolute Gasteiger partial charge is 0.243 e. The maximum absolute atomic E-state index is 12.3. The van der Waals surface area contributed by atoms with Crippen molar-refractivity contribution in [2.24, 2.45) is 0 Å². The summed E-state index contributed by atoms with van der Waals surface area (Å²) < 4.78 is 25.8. The van der Waals surface area contributed by atoms with Crippen molar-refractivity contribution in [3.63, 3.8) is 0 Å². The molecule has 0 aliphatic rings. The molecule has 5 nitrogen and oxygen atoms in total. The molecule has 0 atom stereocenters. The molecule has 0 aromatic heterocycles. The minimum Gasteiger partial charge on any atom is -0.507 e. The van der Waals surface area contributed by atoms with E-state index in [2.05, 4.69) is 0 Å². The molecule has 0 bridgehead atoms. The van der Waals surface area contributed by atoms with Crippen molar-refractivity contribution in [3.8, 4) is 22.9 Å². The van der Waals surface area contributed by atoms with E-state index in [9.17, 15) is 13.5 Å². The fourth-order valence-electron chi connectivity index (χ4n) is 1.92. The normalized spacial score (nSPS) is 11.3. The second-order valence-electron chi connectivity index (χ2n) is 4.63. The monoisotopic (exact) mass is 302 g/mol. The number of nitrogens with zero attached hydrogens (tertiary/aromatic N) is 2. The minimum atomic E-state index is -3.60. The van der Waals surface area contributed by atoms with Crippen LogP contribution in [0.3, 0.4) is 0 Å². The first-order chi connectivity index (χ1) is 9.87. The van der Waals surface area contributed by atoms with E-state index >= 15 is 0 Å². The molecule has 1 N–H and O–H groups in total. The average Bonchev–Trinajstić information content (AvgIpc) is 2.47. The van der Waals surface area contributed by atoms with Gasteiger partial charge in [-0.3, -0.25) is 0 Å². The highest BCUT2D eigenvalue weighted by molar-refractivity contribution is 7.89. The first-order valence-electron chi connectivity index (χ1n) is 6.13. The summed E-state index contributed by atoms with van der Waals surface area (Å²) >= 11 is 0. The van der Waals surface area contributed by atoms with Crippen LogP contribution in [-0.4, -0.2) is 31.9 Å². The van der Waals surface area contributed by atoms with Gasteiger partial charge in [0.2, 0.25) is 10.0 Å². The van der Waals surface area contributed by atoms with Gasteiger partial charge in [0.25, 0.3) is 0 Å². The predicted molar refractivity (Wildman–Crippen MR) is 79.1 cm³/mol. The zero-order valence-electron chi connectivity index (χ0n) is 11.6. The quantitative estimate of drug-likeness (QED) is 0.942. The van der Waals surface area contributed by atoms with Gasteiger partial charge in [-0.05, 0) is 23.8 Å². The molecule has 0 saturated carbocycles. The molecule has 2 aromatic rings. The van der Waals surface area contributed by atoms with Crippen LogP contribution in [0, 0.1) is 11.3 Å². The number of rotatable bonds is 3. The van der Waals surface area contributed by atoms with E-state index in [0.717, 1.165) is 4.31 Å². The van der Waals surface area contributed by atoms with Crippen molar-refractivity contribution < 1.29 is 13.5 Å². The molecule has 0 saturated heterocycles. The van der Waals surface area contributed by atoms with Crippen molar-refractivity contribution in [1.29, 1.82) is 5.26 Å². The number of nitriles is 1. The molecule has 108 valence electrons. The molecule has 0 fully saturated rings. The van der Waals surface area contributed by atoms with Crippen molar-refractivity contribution >= 4 is 10.0 Å². The van der Waals surface area contributed by atoms with E-state index in [1.54, 1.807) is 24.3 Å². The van der Waals surface area contributed by atoms with E-state index in [0.29, 0.717) is 11.1 Å². The van der Waals surface area contributed by atoms with E-state index in [-0.39, 0.29) is 16.2 Å². The topological polar surface area (TPSA) is 81.4 Å². The van der Waals surface area contributed by atoms with Crippen LogP contribution < -0.4 is 0 Å². The Hall–Kier alpha value is -2.36. The van der Waals surface area contributed by atoms with Crippen LogP contribution >= 0.6 is 0 Å². The first-order valence-corrected chi connectivity index (χ1v) is 7.57. The van der Waals surface area contributed by atoms with Gasteiger partial charge in [0.15, 0.2) is 0 Å². The van der Waals surface area contributed by atoms with Gasteiger partial charge in [0.05, 0.1) is 10.5 Å². The Morgan fingerprint density at radius 2 is 1.81 bits per heavy atom. The molecule has 0 heterocycles. The number of sulfonamides is 1. The van der Waals surface area contributed by atoms with Crippen LogP contribution in [0.4, 0.5) is 0 Å². The largest absolute Gasteiger partial charge is 0.507 e. The summed E-state index contributed by atoms with van der Waals surface area (Å²) in [5, 5.41) is 18.6. The summed E-state index contributed by atoms with van der Waals surface area (Å²) in [6.45, 7) is 0. The van der Waals surface area contributed by atoms with Gasteiger partial charge < -0.3 is 5.11 Å². The van der Waals surface area contributed by atoms with Crippen molar-refractivity contribution in [3.05, 3.63) is 48.0 Å². The number of hydrogen-bond acceptors (Lipinski definition) is 4. The number of phenols is 1. The molecule has 0 amide bonds. The van der Waals surface area contributed by atoms with E-state index in [1.165, 1.54) is 32.3 Å². The minimum absolute atomic E-state index is 0.145. The number of hydrogen-bond donors (Lipinski definition) is 1. The Labute approximate surface area is 123 Å². The number of aromatic hydroxyl groups is 1. The molecular formula is C15H14N2O3S. The third-order valence-electron chi connectivity index (χ3n) is 3.07.